The Morgan fingerprint density at radius 2 is 1.83 bits per heavy atom. The fourth-order valence-corrected chi connectivity index (χ4v) is 3.63. The van der Waals surface area contributed by atoms with Gasteiger partial charge in [0.05, 0.1) is 6.42 Å². The van der Waals surface area contributed by atoms with Crippen molar-refractivity contribution >= 4 is 27.8 Å². The summed E-state index contributed by atoms with van der Waals surface area (Å²) in [5.41, 5.74) is 4.70. The molecule has 0 aliphatic heterocycles. The van der Waals surface area contributed by atoms with E-state index in [9.17, 15) is 9.59 Å². The molecule has 0 fully saturated rings. The standard InChI is InChI=1S/C25H23NO4/c1-15(2)8-11-19-22(12-9-17-10-13-23(27)30-25(17)19)29-24(28)14-20-16(3)26-21-7-5-4-6-18(20)21/h4-10,12-13,26H,11,14H2,1-3H3. The first-order valence-corrected chi connectivity index (χ1v) is 9.88. The molecule has 0 saturated heterocycles. The highest BCUT2D eigenvalue weighted by Crippen LogP contribution is 2.29. The predicted molar refractivity (Wildman–Crippen MR) is 118 cm³/mol. The third-order valence-corrected chi connectivity index (χ3v) is 5.14. The van der Waals surface area contributed by atoms with Crippen LogP contribution in [-0.2, 0) is 17.6 Å². The summed E-state index contributed by atoms with van der Waals surface area (Å²) in [4.78, 5) is 27.9. The van der Waals surface area contributed by atoms with Crippen LogP contribution in [0.3, 0.4) is 0 Å². The second kappa shape index (κ2) is 8.03. The molecule has 152 valence electrons. The van der Waals surface area contributed by atoms with Crippen molar-refractivity contribution in [3.05, 3.63) is 87.4 Å². The molecule has 0 saturated carbocycles. The van der Waals surface area contributed by atoms with Crippen molar-refractivity contribution < 1.29 is 13.9 Å². The molecular formula is C25H23NO4. The lowest BCUT2D eigenvalue weighted by molar-refractivity contribution is -0.133. The lowest BCUT2D eigenvalue weighted by Gasteiger charge is -2.11. The summed E-state index contributed by atoms with van der Waals surface area (Å²) in [6.45, 7) is 5.94. The Balaban J connectivity index is 1.69. The van der Waals surface area contributed by atoms with Gasteiger partial charge in [0.2, 0.25) is 0 Å². The number of ether oxygens (including phenoxy) is 1. The topological polar surface area (TPSA) is 72.3 Å². The number of fused-ring (bicyclic) bond motifs is 2. The van der Waals surface area contributed by atoms with Gasteiger partial charge in [-0.15, -0.1) is 0 Å². The van der Waals surface area contributed by atoms with Gasteiger partial charge in [-0.25, -0.2) is 4.79 Å². The van der Waals surface area contributed by atoms with Crippen molar-refractivity contribution in [2.24, 2.45) is 0 Å². The first-order valence-electron chi connectivity index (χ1n) is 9.88. The summed E-state index contributed by atoms with van der Waals surface area (Å²) in [6.07, 6.45) is 2.67. The molecule has 5 nitrogen and oxygen atoms in total. The van der Waals surface area contributed by atoms with E-state index in [1.165, 1.54) is 6.07 Å². The van der Waals surface area contributed by atoms with Crippen LogP contribution in [0.5, 0.6) is 5.75 Å². The number of hydrogen-bond acceptors (Lipinski definition) is 4. The number of hydrogen-bond donors (Lipinski definition) is 1. The summed E-state index contributed by atoms with van der Waals surface area (Å²) in [7, 11) is 0. The zero-order valence-corrected chi connectivity index (χ0v) is 17.2. The average Bonchev–Trinajstić information content (AvgIpc) is 3.02. The van der Waals surface area contributed by atoms with E-state index >= 15 is 0 Å². The fourth-order valence-electron chi connectivity index (χ4n) is 3.63. The number of aromatic amines is 1. The minimum Gasteiger partial charge on any atom is -0.426 e. The molecule has 0 aliphatic rings. The lowest BCUT2D eigenvalue weighted by Crippen LogP contribution is -2.13. The molecular weight excluding hydrogens is 378 g/mol. The molecule has 0 aliphatic carbocycles. The van der Waals surface area contributed by atoms with Gasteiger partial charge in [-0.05, 0) is 57.0 Å². The fraction of sp³-hybridized carbons (Fsp3) is 0.200. The zero-order chi connectivity index (χ0) is 21.3. The number of benzene rings is 2. The third-order valence-electron chi connectivity index (χ3n) is 5.14. The normalized spacial score (nSPS) is 11.0. The van der Waals surface area contributed by atoms with Crippen molar-refractivity contribution in [3.8, 4) is 5.75 Å². The first kappa shape index (κ1) is 19.7. The molecule has 4 aromatic rings. The van der Waals surface area contributed by atoms with Gasteiger partial charge in [0.25, 0.3) is 0 Å². The molecule has 0 amide bonds. The summed E-state index contributed by atoms with van der Waals surface area (Å²) < 4.78 is 11.2. The second-order valence-electron chi connectivity index (χ2n) is 7.63. The Hall–Kier alpha value is -3.60. The molecule has 2 heterocycles. The number of nitrogens with one attached hydrogen (secondary N) is 1. The number of H-pyrrole nitrogens is 1. The number of rotatable bonds is 5. The second-order valence-corrected chi connectivity index (χ2v) is 7.63. The smallest absolute Gasteiger partial charge is 0.336 e. The van der Waals surface area contributed by atoms with Crippen LogP contribution in [0.1, 0.15) is 30.7 Å². The van der Waals surface area contributed by atoms with Crippen LogP contribution < -0.4 is 10.4 Å². The Kier molecular flexibility index (Phi) is 5.27. The summed E-state index contributed by atoms with van der Waals surface area (Å²) in [5, 5.41) is 1.81. The van der Waals surface area contributed by atoms with Crippen LogP contribution in [0, 0.1) is 6.92 Å². The Morgan fingerprint density at radius 1 is 1.07 bits per heavy atom. The lowest BCUT2D eigenvalue weighted by atomic mass is 10.0. The molecule has 4 rings (SSSR count). The highest BCUT2D eigenvalue weighted by Gasteiger charge is 2.17. The van der Waals surface area contributed by atoms with E-state index in [1.807, 2.05) is 51.1 Å². The van der Waals surface area contributed by atoms with Gasteiger partial charge >= 0.3 is 11.6 Å². The molecule has 0 spiro atoms. The summed E-state index contributed by atoms with van der Waals surface area (Å²) >= 11 is 0. The summed E-state index contributed by atoms with van der Waals surface area (Å²) in [6, 6.07) is 14.5. The van der Waals surface area contributed by atoms with E-state index in [-0.39, 0.29) is 12.4 Å². The Morgan fingerprint density at radius 3 is 2.63 bits per heavy atom. The molecule has 2 aromatic carbocycles. The zero-order valence-electron chi connectivity index (χ0n) is 17.2. The van der Waals surface area contributed by atoms with Crippen LogP contribution in [0.15, 0.2) is 69.4 Å². The molecule has 0 bridgehead atoms. The highest BCUT2D eigenvalue weighted by molar-refractivity contribution is 5.90. The maximum absolute atomic E-state index is 12.8. The van der Waals surface area contributed by atoms with Gasteiger partial charge in [-0.3, -0.25) is 4.79 Å². The van der Waals surface area contributed by atoms with E-state index < -0.39 is 5.63 Å². The number of para-hydroxylation sites is 1. The molecule has 30 heavy (non-hydrogen) atoms. The van der Waals surface area contributed by atoms with Crippen LogP contribution in [-0.4, -0.2) is 11.0 Å². The van der Waals surface area contributed by atoms with E-state index in [2.05, 4.69) is 4.98 Å². The molecule has 0 atom stereocenters. The number of allylic oxidation sites excluding steroid dienone is 2. The first-order chi connectivity index (χ1) is 14.4. The highest BCUT2D eigenvalue weighted by atomic mass is 16.5. The Labute approximate surface area is 174 Å². The third kappa shape index (κ3) is 3.92. The average molecular weight is 401 g/mol. The predicted octanol–water partition coefficient (Wildman–Crippen LogP) is 5.24. The molecule has 0 unspecified atom stereocenters. The van der Waals surface area contributed by atoms with Gasteiger partial charge in [-0.2, -0.15) is 0 Å². The van der Waals surface area contributed by atoms with Crippen molar-refractivity contribution in [1.82, 2.24) is 4.98 Å². The maximum Gasteiger partial charge on any atom is 0.336 e. The van der Waals surface area contributed by atoms with Gasteiger partial charge in [-0.1, -0.05) is 29.8 Å². The molecule has 1 N–H and O–H groups in total. The molecule has 2 aromatic heterocycles. The summed E-state index contributed by atoms with van der Waals surface area (Å²) in [5.74, 6) is 0.0516. The van der Waals surface area contributed by atoms with Gasteiger partial charge in [0, 0.05) is 33.6 Å². The van der Waals surface area contributed by atoms with E-state index in [0.29, 0.717) is 23.3 Å². The van der Waals surface area contributed by atoms with Gasteiger partial charge < -0.3 is 14.1 Å². The van der Waals surface area contributed by atoms with Gasteiger partial charge in [0.15, 0.2) is 0 Å². The number of carbonyl (C=O) groups is 1. The van der Waals surface area contributed by atoms with Crippen molar-refractivity contribution in [2.75, 3.05) is 0 Å². The van der Waals surface area contributed by atoms with E-state index in [1.54, 1.807) is 18.2 Å². The minimum absolute atomic E-state index is 0.148. The Bertz CT molecular complexity index is 1340. The molecule has 5 heteroatoms. The van der Waals surface area contributed by atoms with Crippen molar-refractivity contribution in [2.45, 2.75) is 33.6 Å². The van der Waals surface area contributed by atoms with E-state index in [4.69, 9.17) is 9.15 Å². The van der Waals surface area contributed by atoms with Crippen LogP contribution in [0.2, 0.25) is 0 Å². The maximum atomic E-state index is 12.8. The van der Waals surface area contributed by atoms with E-state index in [0.717, 1.165) is 33.1 Å². The molecule has 0 radical (unpaired) electrons. The van der Waals surface area contributed by atoms with Crippen LogP contribution >= 0.6 is 0 Å². The SMILES string of the molecule is CC(C)=CCc1c(OC(=O)Cc2c(C)[nH]c3ccccc23)ccc2ccc(=O)oc12. The van der Waals surface area contributed by atoms with Gasteiger partial charge in [0.1, 0.15) is 11.3 Å². The quantitative estimate of drug-likeness (QED) is 0.215. The monoisotopic (exact) mass is 401 g/mol. The number of carbonyl (C=O) groups excluding carboxylic acids is 1. The van der Waals surface area contributed by atoms with Crippen LogP contribution in [0.4, 0.5) is 0 Å². The number of aromatic nitrogens is 1. The minimum atomic E-state index is -0.432. The number of esters is 1. The van der Waals surface area contributed by atoms with Crippen LogP contribution in [0.25, 0.3) is 21.9 Å². The van der Waals surface area contributed by atoms with Crippen molar-refractivity contribution in [1.29, 1.82) is 0 Å². The number of aryl methyl sites for hydroxylation is 1. The van der Waals surface area contributed by atoms with Crippen molar-refractivity contribution in [3.63, 3.8) is 0 Å². The largest absolute Gasteiger partial charge is 0.426 e.